The van der Waals surface area contributed by atoms with Gasteiger partial charge in [0.05, 0.1) is 28.2 Å². The Morgan fingerprint density at radius 2 is 1.82 bits per heavy atom. The molecule has 4 heteroatoms. The van der Waals surface area contributed by atoms with Crippen LogP contribution < -0.4 is 0 Å². The quantitative estimate of drug-likeness (QED) is 0.751. The van der Waals surface area contributed by atoms with E-state index < -0.39 is 10.8 Å². The average Bonchev–Trinajstić information content (AvgIpc) is 2.86. The lowest BCUT2D eigenvalue weighted by atomic mass is 10.3. The molecule has 0 radical (unpaired) electrons. The second-order valence-corrected chi connectivity index (χ2v) is 5.14. The minimum Gasteiger partial charge on any atom is -0.345 e. The molecular formula is C13H10N2OS. The first-order valence-electron chi connectivity index (χ1n) is 5.24. The van der Waals surface area contributed by atoms with Crippen LogP contribution in [-0.2, 0) is 10.8 Å². The van der Waals surface area contributed by atoms with Crippen molar-refractivity contribution in [3.8, 4) is 0 Å². The van der Waals surface area contributed by atoms with Gasteiger partial charge in [0.15, 0.2) is 0 Å². The van der Waals surface area contributed by atoms with Gasteiger partial charge < -0.3 is 4.98 Å². The maximum absolute atomic E-state index is 12.3. The van der Waals surface area contributed by atoms with Crippen LogP contribution in [0.1, 0.15) is 0 Å². The minimum atomic E-state index is -1.13. The van der Waals surface area contributed by atoms with E-state index in [0.29, 0.717) is 0 Å². The fraction of sp³-hybridized carbons (Fsp3) is 0. The summed E-state index contributed by atoms with van der Waals surface area (Å²) >= 11 is 0. The van der Waals surface area contributed by atoms with E-state index in [0.717, 1.165) is 20.8 Å². The van der Waals surface area contributed by atoms with Gasteiger partial charge in [0, 0.05) is 9.79 Å². The molecule has 17 heavy (non-hydrogen) atoms. The van der Waals surface area contributed by atoms with Gasteiger partial charge in [-0.05, 0) is 30.3 Å². The first-order chi connectivity index (χ1) is 8.34. The summed E-state index contributed by atoms with van der Waals surface area (Å²) in [6, 6.07) is 15.0. The summed E-state index contributed by atoms with van der Waals surface area (Å²) in [7, 11) is -1.13. The summed E-state index contributed by atoms with van der Waals surface area (Å²) in [6.45, 7) is 0. The third-order valence-corrected chi connectivity index (χ3v) is 3.95. The van der Waals surface area contributed by atoms with E-state index in [9.17, 15) is 4.21 Å². The first-order valence-corrected chi connectivity index (χ1v) is 6.39. The number of nitrogens with zero attached hydrogens (tertiary/aromatic N) is 1. The standard InChI is InChI=1S/C13H10N2OS/c16-17(10-4-2-1-3-5-10)11-6-7-12-13(8-11)15-9-14-12/h1-9H,(H,14,15). The molecule has 84 valence electrons. The molecule has 1 heterocycles. The maximum Gasteiger partial charge on any atom is 0.0931 e. The third-order valence-electron chi connectivity index (χ3n) is 2.56. The summed E-state index contributed by atoms with van der Waals surface area (Å²) in [5.74, 6) is 0. The van der Waals surface area contributed by atoms with Gasteiger partial charge in [0.2, 0.25) is 0 Å². The Labute approximate surface area is 101 Å². The molecular weight excluding hydrogens is 232 g/mol. The molecule has 3 rings (SSSR count). The van der Waals surface area contributed by atoms with Gasteiger partial charge in [-0.25, -0.2) is 9.19 Å². The third kappa shape index (κ3) is 1.87. The number of H-pyrrole nitrogens is 1. The van der Waals surface area contributed by atoms with Crippen LogP contribution in [0.2, 0.25) is 0 Å². The summed E-state index contributed by atoms with van der Waals surface area (Å²) in [4.78, 5) is 8.75. The Hall–Kier alpha value is -1.94. The van der Waals surface area contributed by atoms with Crippen LogP contribution in [0.3, 0.4) is 0 Å². The van der Waals surface area contributed by atoms with Crippen molar-refractivity contribution in [1.82, 2.24) is 9.97 Å². The number of hydrogen-bond acceptors (Lipinski definition) is 2. The summed E-state index contributed by atoms with van der Waals surface area (Å²) in [6.07, 6.45) is 1.64. The molecule has 0 aliphatic heterocycles. The first kappa shape index (κ1) is 10.2. The Morgan fingerprint density at radius 3 is 2.65 bits per heavy atom. The van der Waals surface area contributed by atoms with E-state index in [2.05, 4.69) is 9.97 Å². The van der Waals surface area contributed by atoms with Crippen LogP contribution in [0.25, 0.3) is 11.0 Å². The van der Waals surface area contributed by atoms with Gasteiger partial charge in [0.1, 0.15) is 0 Å². The summed E-state index contributed by atoms with van der Waals surface area (Å²) in [5.41, 5.74) is 1.80. The molecule has 0 spiro atoms. The normalized spacial score (nSPS) is 12.7. The van der Waals surface area contributed by atoms with E-state index in [1.165, 1.54) is 0 Å². The Balaban J connectivity index is 2.06. The summed E-state index contributed by atoms with van der Waals surface area (Å²) in [5, 5.41) is 0. The Kier molecular flexibility index (Phi) is 2.49. The van der Waals surface area contributed by atoms with Crippen molar-refractivity contribution >= 4 is 21.8 Å². The molecule has 0 aliphatic rings. The van der Waals surface area contributed by atoms with Crippen molar-refractivity contribution in [2.75, 3.05) is 0 Å². The highest BCUT2D eigenvalue weighted by Crippen LogP contribution is 2.19. The second kappa shape index (κ2) is 4.14. The fourth-order valence-corrected chi connectivity index (χ4v) is 2.80. The predicted molar refractivity (Wildman–Crippen MR) is 67.2 cm³/mol. The topological polar surface area (TPSA) is 45.8 Å². The molecule has 2 aromatic carbocycles. The zero-order valence-corrected chi connectivity index (χ0v) is 9.78. The Morgan fingerprint density at radius 1 is 1.00 bits per heavy atom. The van der Waals surface area contributed by atoms with Crippen LogP contribution in [0.4, 0.5) is 0 Å². The van der Waals surface area contributed by atoms with E-state index in [-0.39, 0.29) is 0 Å². The molecule has 1 aromatic heterocycles. The highest BCUT2D eigenvalue weighted by Gasteiger charge is 2.07. The number of nitrogens with one attached hydrogen (secondary N) is 1. The van der Waals surface area contributed by atoms with Gasteiger partial charge in [0.25, 0.3) is 0 Å². The van der Waals surface area contributed by atoms with Crippen LogP contribution >= 0.6 is 0 Å². The predicted octanol–water partition coefficient (Wildman–Crippen LogP) is 2.73. The monoisotopic (exact) mass is 242 g/mol. The summed E-state index contributed by atoms with van der Waals surface area (Å²) < 4.78 is 12.3. The number of rotatable bonds is 2. The van der Waals surface area contributed by atoms with Crippen molar-refractivity contribution in [2.24, 2.45) is 0 Å². The number of aromatic nitrogens is 2. The van der Waals surface area contributed by atoms with Crippen molar-refractivity contribution in [3.05, 3.63) is 54.9 Å². The van der Waals surface area contributed by atoms with E-state index >= 15 is 0 Å². The lowest BCUT2D eigenvalue weighted by Crippen LogP contribution is -1.92. The largest absolute Gasteiger partial charge is 0.345 e. The molecule has 0 aliphatic carbocycles. The van der Waals surface area contributed by atoms with Gasteiger partial charge in [-0.15, -0.1) is 0 Å². The van der Waals surface area contributed by atoms with Gasteiger partial charge >= 0.3 is 0 Å². The molecule has 0 fully saturated rings. The van der Waals surface area contributed by atoms with Gasteiger partial charge in [-0.1, -0.05) is 18.2 Å². The van der Waals surface area contributed by atoms with E-state index in [1.54, 1.807) is 6.33 Å². The molecule has 3 nitrogen and oxygen atoms in total. The molecule has 1 atom stereocenters. The number of benzene rings is 2. The van der Waals surface area contributed by atoms with Gasteiger partial charge in [-0.3, -0.25) is 0 Å². The smallest absolute Gasteiger partial charge is 0.0931 e. The van der Waals surface area contributed by atoms with E-state index in [4.69, 9.17) is 0 Å². The zero-order chi connectivity index (χ0) is 11.7. The average molecular weight is 242 g/mol. The van der Waals surface area contributed by atoms with Gasteiger partial charge in [-0.2, -0.15) is 0 Å². The van der Waals surface area contributed by atoms with Crippen molar-refractivity contribution in [3.63, 3.8) is 0 Å². The molecule has 0 amide bonds. The molecule has 3 aromatic rings. The fourth-order valence-electron chi connectivity index (χ4n) is 1.71. The highest BCUT2D eigenvalue weighted by molar-refractivity contribution is 7.85. The number of hydrogen-bond donors (Lipinski definition) is 1. The molecule has 1 unspecified atom stereocenters. The molecule has 1 N–H and O–H groups in total. The Bertz CT molecular complexity index is 676. The molecule has 0 saturated carbocycles. The lowest BCUT2D eigenvalue weighted by Gasteiger charge is -2.01. The second-order valence-electron chi connectivity index (χ2n) is 3.66. The number of fused-ring (bicyclic) bond motifs is 1. The van der Waals surface area contributed by atoms with Crippen molar-refractivity contribution in [1.29, 1.82) is 0 Å². The lowest BCUT2D eigenvalue weighted by molar-refractivity contribution is 0.683. The van der Waals surface area contributed by atoms with Crippen molar-refractivity contribution in [2.45, 2.75) is 9.79 Å². The highest BCUT2D eigenvalue weighted by atomic mass is 32.2. The number of imidazole rings is 1. The minimum absolute atomic E-state index is 0.785. The van der Waals surface area contributed by atoms with Crippen LogP contribution in [0.5, 0.6) is 0 Å². The van der Waals surface area contributed by atoms with Crippen LogP contribution in [0.15, 0.2) is 64.6 Å². The number of aromatic amines is 1. The molecule has 0 bridgehead atoms. The van der Waals surface area contributed by atoms with Crippen LogP contribution in [0, 0.1) is 0 Å². The molecule has 0 saturated heterocycles. The van der Waals surface area contributed by atoms with Crippen molar-refractivity contribution < 1.29 is 4.21 Å². The van der Waals surface area contributed by atoms with Crippen LogP contribution in [-0.4, -0.2) is 14.2 Å². The SMILES string of the molecule is O=S(c1ccccc1)c1ccc2nc[nH]c2c1. The maximum atomic E-state index is 12.3. The zero-order valence-electron chi connectivity index (χ0n) is 8.96. The van der Waals surface area contributed by atoms with E-state index in [1.807, 2.05) is 48.5 Å².